The summed E-state index contributed by atoms with van der Waals surface area (Å²) in [4.78, 5) is 15.8. The fraction of sp³-hybridized carbons (Fsp3) is 0.0769. The van der Waals surface area contributed by atoms with E-state index in [1.807, 2.05) is 13.0 Å². The Labute approximate surface area is 112 Å². The number of carbonyl (C=O) groups is 1. The van der Waals surface area contributed by atoms with Gasteiger partial charge in [0.15, 0.2) is 0 Å². The van der Waals surface area contributed by atoms with Gasteiger partial charge in [0.2, 0.25) is 0 Å². The number of aromatic nitrogens is 1. The molecule has 3 nitrogen and oxygen atoms in total. The summed E-state index contributed by atoms with van der Waals surface area (Å²) in [5, 5.41) is 2.62. The molecule has 1 N–H and O–H groups in total. The summed E-state index contributed by atoms with van der Waals surface area (Å²) < 4.78 is 13.5. The number of hydrogen-bond donors (Lipinski definition) is 1. The van der Waals surface area contributed by atoms with Crippen molar-refractivity contribution in [2.75, 3.05) is 5.32 Å². The zero-order valence-electron chi connectivity index (χ0n) is 9.58. The molecule has 92 valence electrons. The molecule has 2 rings (SSSR count). The van der Waals surface area contributed by atoms with Crippen molar-refractivity contribution in [2.45, 2.75) is 6.92 Å². The molecule has 1 aromatic heterocycles. The lowest BCUT2D eigenvalue weighted by Gasteiger charge is -2.08. The standard InChI is InChI=1S/C13H10BrFN2O/c1-8-10(3-2-4-11(8)14)13(18)17-12-6-5-9(15)7-16-12/h2-7H,1H3,(H,16,17,18). The molecule has 0 fully saturated rings. The van der Waals surface area contributed by atoms with Gasteiger partial charge in [-0.2, -0.15) is 0 Å². The van der Waals surface area contributed by atoms with Crippen molar-refractivity contribution in [3.63, 3.8) is 0 Å². The smallest absolute Gasteiger partial charge is 0.257 e. The van der Waals surface area contributed by atoms with Crippen molar-refractivity contribution in [2.24, 2.45) is 0 Å². The first-order chi connectivity index (χ1) is 8.58. The number of nitrogens with one attached hydrogen (secondary N) is 1. The van der Waals surface area contributed by atoms with Gasteiger partial charge in [0.25, 0.3) is 5.91 Å². The predicted octanol–water partition coefficient (Wildman–Crippen LogP) is 3.54. The molecule has 0 aliphatic heterocycles. The number of amides is 1. The first kappa shape index (κ1) is 12.7. The van der Waals surface area contributed by atoms with E-state index in [0.717, 1.165) is 16.2 Å². The fourth-order valence-corrected chi connectivity index (χ4v) is 1.85. The lowest BCUT2D eigenvalue weighted by atomic mass is 10.1. The molecular weight excluding hydrogens is 299 g/mol. The minimum Gasteiger partial charge on any atom is -0.307 e. The minimum atomic E-state index is -0.438. The Bertz CT molecular complexity index is 584. The molecule has 0 atom stereocenters. The molecule has 0 saturated heterocycles. The van der Waals surface area contributed by atoms with Gasteiger partial charge in [0.1, 0.15) is 11.6 Å². The van der Waals surface area contributed by atoms with Crippen LogP contribution in [0.3, 0.4) is 0 Å². The van der Waals surface area contributed by atoms with Crippen LogP contribution in [-0.4, -0.2) is 10.9 Å². The highest BCUT2D eigenvalue weighted by atomic mass is 79.9. The second-order valence-corrected chi connectivity index (χ2v) is 4.58. The molecule has 0 aliphatic rings. The number of hydrogen-bond acceptors (Lipinski definition) is 2. The Morgan fingerprint density at radius 2 is 2.11 bits per heavy atom. The highest BCUT2D eigenvalue weighted by molar-refractivity contribution is 9.10. The van der Waals surface area contributed by atoms with E-state index in [2.05, 4.69) is 26.2 Å². The highest BCUT2D eigenvalue weighted by Crippen LogP contribution is 2.20. The fourth-order valence-electron chi connectivity index (χ4n) is 1.49. The molecule has 5 heteroatoms. The molecule has 18 heavy (non-hydrogen) atoms. The van der Waals surface area contributed by atoms with Crippen LogP contribution < -0.4 is 5.32 Å². The van der Waals surface area contributed by atoms with E-state index >= 15 is 0 Å². The van der Waals surface area contributed by atoms with E-state index in [1.165, 1.54) is 12.1 Å². The van der Waals surface area contributed by atoms with Gasteiger partial charge in [0.05, 0.1) is 6.20 Å². The molecular formula is C13H10BrFN2O. The third-order valence-electron chi connectivity index (χ3n) is 2.48. The van der Waals surface area contributed by atoms with Crippen LogP contribution in [0.4, 0.5) is 10.2 Å². The quantitative estimate of drug-likeness (QED) is 0.922. The predicted molar refractivity (Wildman–Crippen MR) is 71.0 cm³/mol. The van der Waals surface area contributed by atoms with Gasteiger partial charge in [-0.25, -0.2) is 9.37 Å². The number of rotatable bonds is 2. The van der Waals surface area contributed by atoms with Gasteiger partial charge in [-0.15, -0.1) is 0 Å². The lowest BCUT2D eigenvalue weighted by molar-refractivity contribution is 0.102. The van der Waals surface area contributed by atoms with Gasteiger partial charge < -0.3 is 5.32 Å². The summed E-state index contributed by atoms with van der Waals surface area (Å²) in [6.45, 7) is 1.84. The van der Waals surface area contributed by atoms with Crippen molar-refractivity contribution in [1.82, 2.24) is 4.98 Å². The Balaban J connectivity index is 2.22. The van der Waals surface area contributed by atoms with Crippen LogP contribution >= 0.6 is 15.9 Å². The summed E-state index contributed by atoms with van der Waals surface area (Å²) in [7, 11) is 0. The van der Waals surface area contributed by atoms with Crippen LogP contribution in [0.5, 0.6) is 0 Å². The van der Waals surface area contributed by atoms with Crippen LogP contribution in [0.2, 0.25) is 0 Å². The van der Waals surface area contributed by atoms with Gasteiger partial charge in [-0.05, 0) is 36.8 Å². The summed E-state index contributed by atoms with van der Waals surface area (Å²) in [6, 6.07) is 8.03. The molecule has 0 unspecified atom stereocenters. The maximum Gasteiger partial charge on any atom is 0.257 e. The van der Waals surface area contributed by atoms with Gasteiger partial charge in [-0.3, -0.25) is 4.79 Å². The normalized spacial score (nSPS) is 10.2. The SMILES string of the molecule is Cc1c(Br)cccc1C(=O)Nc1ccc(F)cn1. The van der Waals surface area contributed by atoms with E-state index in [4.69, 9.17) is 0 Å². The second-order valence-electron chi connectivity index (χ2n) is 3.73. The number of halogens is 2. The number of pyridine rings is 1. The van der Waals surface area contributed by atoms with E-state index in [0.29, 0.717) is 11.4 Å². The summed E-state index contributed by atoms with van der Waals surface area (Å²) in [6.07, 6.45) is 1.06. The van der Waals surface area contributed by atoms with E-state index < -0.39 is 5.82 Å². The third-order valence-corrected chi connectivity index (χ3v) is 3.34. The highest BCUT2D eigenvalue weighted by Gasteiger charge is 2.11. The van der Waals surface area contributed by atoms with E-state index in [9.17, 15) is 9.18 Å². The van der Waals surface area contributed by atoms with Crippen LogP contribution in [-0.2, 0) is 0 Å². The molecule has 1 amide bonds. The van der Waals surface area contributed by atoms with E-state index in [1.54, 1.807) is 12.1 Å². The minimum absolute atomic E-state index is 0.270. The largest absolute Gasteiger partial charge is 0.307 e. The van der Waals surface area contributed by atoms with Crippen LogP contribution in [0.1, 0.15) is 15.9 Å². The van der Waals surface area contributed by atoms with Crippen LogP contribution in [0, 0.1) is 12.7 Å². The first-order valence-corrected chi connectivity index (χ1v) is 6.05. The molecule has 0 bridgehead atoms. The number of benzene rings is 1. The Hall–Kier alpha value is -1.75. The molecule has 1 aromatic carbocycles. The molecule has 0 saturated carbocycles. The number of carbonyl (C=O) groups excluding carboxylic acids is 1. The number of anilines is 1. The average molecular weight is 309 g/mol. The third kappa shape index (κ3) is 2.73. The zero-order chi connectivity index (χ0) is 13.1. The Morgan fingerprint density at radius 3 is 2.78 bits per heavy atom. The van der Waals surface area contributed by atoms with Crippen molar-refractivity contribution in [3.8, 4) is 0 Å². The lowest BCUT2D eigenvalue weighted by Crippen LogP contribution is -2.14. The molecule has 0 spiro atoms. The maximum atomic E-state index is 12.7. The van der Waals surface area contributed by atoms with Gasteiger partial charge in [0, 0.05) is 10.0 Å². The first-order valence-electron chi connectivity index (χ1n) is 5.26. The van der Waals surface area contributed by atoms with Crippen molar-refractivity contribution < 1.29 is 9.18 Å². The number of nitrogens with zero attached hydrogens (tertiary/aromatic N) is 1. The second kappa shape index (κ2) is 5.27. The summed E-state index contributed by atoms with van der Waals surface area (Å²) in [5.41, 5.74) is 1.40. The van der Waals surface area contributed by atoms with Gasteiger partial charge in [-0.1, -0.05) is 22.0 Å². The molecule has 0 aliphatic carbocycles. The Morgan fingerprint density at radius 1 is 1.33 bits per heavy atom. The summed E-state index contributed by atoms with van der Waals surface area (Å²) in [5.74, 6) is -0.389. The molecule has 0 radical (unpaired) electrons. The van der Waals surface area contributed by atoms with Crippen molar-refractivity contribution in [3.05, 3.63) is 57.9 Å². The van der Waals surface area contributed by atoms with Crippen LogP contribution in [0.15, 0.2) is 41.0 Å². The topological polar surface area (TPSA) is 42.0 Å². The van der Waals surface area contributed by atoms with Crippen molar-refractivity contribution in [1.29, 1.82) is 0 Å². The summed E-state index contributed by atoms with van der Waals surface area (Å²) >= 11 is 3.36. The van der Waals surface area contributed by atoms with Gasteiger partial charge >= 0.3 is 0 Å². The Kier molecular flexibility index (Phi) is 3.72. The van der Waals surface area contributed by atoms with Crippen molar-refractivity contribution >= 4 is 27.7 Å². The molecule has 1 heterocycles. The van der Waals surface area contributed by atoms with Crippen LogP contribution in [0.25, 0.3) is 0 Å². The average Bonchev–Trinajstić information content (AvgIpc) is 2.35. The maximum absolute atomic E-state index is 12.7. The molecule has 2 aromatic rings. The monoisotopic (exact) mass is 308 g/mol. The zero-order valence-corrected chi connectivity index (χ0v) is 11.2. The van der Waals surface area contributed by atoms with E-state index in [-0.39, 0.29) is 5.91 Å².